The van der Waals surface area contributed by atoms with Crippen molar-refractivity contribution in [1.29, 1.82) is 0 Å². The van der Waals surface area contributed by atoms with Gasteiger partial charge in [0.1, 0.15) is 6.04 Å². The van der Waals surface area contributed by atoms with Crippen molar-refractivity contribution in [2.24, 2.45) is 5.92 Å². The van der Waals surface area contributed by atoms with Crippen molar-refractivity contribution in [1.82, 2.24) is 5.32 Å². The van der Waals surface area contributed by atoms with Gasteiger partial charge < -0.3 is 10.4 Å². The zero-order valence-corrected chi connectivity index (χ0v) is 11.9. The largest absolute Gasteiger partial charge is 0.480 e. The summed E-state index contributed by atoms with van der Waals surface area (Å²) in [6, 6.07) is 8.79. The monoisotopic (exact) mass is 281 g/mol. The molecule has 19 heavy (non-hydrogen) atoms. The standard InChI is InChI=1S/C14H19NO3S/c1-10(2)8-12(13(16)17)15-14(18)19-9-11-6-4-3-5-7-11/h3-7,10,12H,8-9H2,1-2H3,(H,15,18)(H,16,17)/t12-/m0/s1. The van der Waals surface area contributed by atoms with Gasteiger partial charge in [-0.15, -0.1) is 0 Å². The van der Waals surface area contributed by atoms with Gasteiger partial charge in [0, 0.05) is 5.75 Å². The van der Waals surface area contributed by atoms with Crippen molar-refractivity contribution in [3.63, 3.8) is 0 Å². The molecule has 104 valence electrons. The molecular formula is C14H19NO3S. The van der Waals surface area contributed by atoms with E-state index in [0.717, 1.165) is 17.3 Å². The van der Waals surface area contributed by atoms with Crippen LogP contribution in [0, 0.1) is 5.92 Å². The lowest BCUT2D eigenvalue weighted by Gasteiger charge is -2.16. The Labute approximate surface area is 117 Å². The molecule has 0 aliphatic heterocycles. The lowest BCUT2D eigenvalue weighted by Crippen LogP contribution is -2.39. The molecule has 1 aromatic carbocycles. The van der Waals surface area contributed by atoms with E-state index >= 15 is 0 Å². The van der Waals surface area contributed by atoms with E-state index in [4.69, 9.17) is 5.11 Å². The van der Waals surface area contributed by atoms with Gasteiger partial charge in [-0.05, 0) is 17.9 Å². The molecule has 0 unspecified atom stereocenters. The molecule has 0 saturated heterocycles. The van der Waals surface area contributed by atoms with Crippen molar-refractivity contribution < 1.29 is 14.7 Å². The lowest BCUT2D eigenvalue weighted by molar-refractivity contribution is -0.139. The van der Waals surface area contributed by atoms with Crippen LogP contribution in [0.25, 0.3) is 0 Å². The number of rotatable bonds is 6. The smallest absolute Gasteiger partial charge is 0.326 e. The van der Waals surface area contributed by atoms with Crippen LogP contribution in [0.5, 0.6) is 0 Å². The molecule has 1 atom stereocenters. The van der Waals surface area contributed by atoms with Crippen LogP contribution in [0.4, 0.5) is 4.79 Å². The molecule has 0 aliphatic carbocycles. The van der Waals surface area contributed by atoms with Gasteiger partial charge in [0.05, 0.1) is 0 Å². The first-order valence-corrected chi connectivity index (χ1v) is 7.17. The van der Waals surface area contributed by atoms with Gasteiger partial charge in [0.15, 0.2) is 0 Å². The SMILES string of the molecule is CC(C)C[C@H](NC(=O)SCc1ccccc1)C(=O)O. The van der Waals surface area contributed by atoms with E-state index in [1.165, 1.54) is 0 Å². The number of nitrogens with one attached hydrogen (secondary N) is 1. The average molecular weight is 281 g/mol. The molecule has 2 N–H and O–H groups in total. The molecule has 1 aromatic rings. The number of carboxylic acids is 1. The topological polar surface area (TPSA) is 66.4 Å². The number of hydrogen-bond acceptors (Lipinski definition) is 3. The molecule has 0 radical (unpaired) electrons. The predicted octanol–water partition coefficient (Wildman–Crippen LogP) is 3.13. The van der Waals surface area contributed by atoms with Crippen LogP contribution >= 0.6 is 11.8 Å². The van der Waals surface area contributed by atoms with Gasteiger partial charge >= 0.3 is 5.97 Å². The van der Waals surface area contributed by atoms with Gasteiger partial charge in [-0.25, -0.2) is 4.79 Å². The van der Waals surface area contributed by atoms with E-state index in [1.807, 2.05) is 44.2 Å². The van der Waals surface area contributed by atoms with Crippen LogP contribution in [0.3, 0.4) is 0 Å². The molecule has 1 rings (SSSR count). The van der Waals surface area contributed by atoms with Gasteiger partial charge in [0.25, 0.3) is 5.24 Å². The van der Waals surface area contributed by atoms with Crippen molar-refractivity contribution in [2.75, 3.05) is 0 Å². The highest BCUT2D eigenvalue weighted by atomic mass is 32.2. The Morgan fingerprint density at radius 1 is 1.26 bits per heavy atom. The van der Waals surface area contributed by atoms with Crippen molar-refractivity contribution in [3.05, 3.63) is 35.9 Å². The van der Waals surface area contributed by atoms with E-state index in [0.29, 0.717) is 12.2 Å². The summed E-state index contributed by atoms with van der Waals surface area (Å²) in [4.78, 5) is 22.7. The summed E-state index contributed by atoms with van der Waals surface area (Å²) in [6.45, 7) is 3.86. The van der Waals surface area contributed by atoms with E-state index in [9.17, 15) is 9.59 Å². The molecule has 4 nitrogen and oxygen atoms in total. The maximum absolute atomic E-state index is 11.7. The van der Waals surface area contributed by atoms with Crippen molar-refractivity contribution >= 4 is 23.0 Å². The van der Waals surface area contributed by atoms with E-state index in [-0.39, 0.29) is 11.2 Å². The molecule has 0 aliphatic rings. The van der Waals surface area contributed by atoms with Crippen molar-refractivity contribution in [3.8, 4) is 0 Å². The number of carboxylic acid groups (broad SMARTS) is 1. The average Bonchev–Trinajstić information content (AvgIpc) is 2.36. The summed E-state index contributed by atoms with van der Waals surface area (Å²) < 4.78 is 0. The van der Waals surface area contributed by atoms with Crippen molar-refractivity contribution in [2.45, 2.75) is 32.1 Å². The fraction of sp³-hybridized carbons (Fsp3) is 0.429. The van der Waals surface area contributed by atoms with E-state index in [1.54, 1.807) is 0 Å². The third-order valence-corrected chi connectivity index (χ3v) is 3.37. The number of thioether (sulfide) groups is 1. The molecule has 0 heterocycles. The second-order valence-electron chi connectivity index (χ2n) is 4.73. The number of aliphatic carboxylic acids is 1. The highest BCUT2D eigenvalue weighted by Crippen LogP contribution is 2.14. The van der Waals surface area contributed by atoms with Gasteiger partial charge in [-0.2, -0.15) is 0 Å². The quantitative estimate of drug-likeness (QED) is 0.840. The first-order valence-electron chi connectivity index (χ1n) is 6.19. The Balaban J connectivity index is 2.42. The van der Waals surface area contributed by atoms with E-state index in [2.05, 4.69) is 5.32 Å². The highest BCUT2D eigenvalue weighted by Gasteiger charge is 2.21. The minimum atomic E-state index is -0.984. The molecule has 0 aromatic heterocycles. The summed E-state index contributed by atoms with van der Waals surface area (Å²) >= 11 is 1.09. The van der Waals surface area contributed by atoms with Crippen LogP contribution in [0.2, 0.25) is 0 Å². The third kappa shape index (κ3) is 6.29. The number of carbonyl (C=O) groups is 2. The summed E-state index contributed by atoms with van der Waals surface area (Å²) in [5.41, 5.74) is 1.04. The van der Waals surface area contributed by atoms with Gasteiger partial charge in [-0.1, -0.05) is 55.9 Å². The van der Waals surface area contributed by atoms with Crippen LogP contribution < -0.4 is 5.32 Å². The molecule has 0 spiro atoms. The first-order chi connectivity index (χ1) is 8.99. The fourth-order valence-electron chi connectivity index (χ4n) is 1.60. The predicted molar refractivity (Wildman–Crippen MR) is 77.1 cm³/mol. The maximum atomic E-state index is 11.7. The zero-order valence-electron chi connectivity index (χ0n) is 11.1. The molecule has 0 bridgehead atoms. The van der Waals surface area contributed by atoms with E-state index < -0.39 is 12.0 Å². The Morgan fingerprint density at radius 2 is 1.89 bits per heavy atom. The summed E-state index contributed by atoms with van der Waals surface area (Å²) in [5.74, 6) is -0.219. The van der Waals surface area contributed by atoms with Gasteiger partial charge in [0.2, 0.25) is 0 Å². The van der Waals surface area contributed by atoms with Gasteiger partial charge in [-0.3, -0.25) is 4.79 Å². The lowest BCUT2D eigenvalue weighted by atomic mass is 10.0. The molecular weight excluding hydrogens is 262 g/mol. The summed E-state index contributed by atoms with van der Waals surface area (Å²) in [7, 11) is 0. The van der Waals surface area contributed by atoms with Crippen LogP contribution in [-0.2, 0) is 10.5 Å². The second kappa shape index (κ2) is 7.84. The number of amides is 1. The zero-order chi connectivity index (χ0) is 14.3. The highest BCUT2D eigenvalue weighted by molar-refractivity contribution is 8.12. The second-order valence-corrected chi connectivity index (χ2v) is 5.67. The minimum absolute atomic E-state index is 0.223. The van der Waals surface area contributed by atoms with Crippen LogP contribution in [-0.4, -0.2) is 22.4 Å². The summed E-state index contributed by atoms with van der Waals surface area (Å²) in [6.07, 6.45) is 0.437. The number of hydrogen-bond donors (Lipinski definition) is 2. The Hall–Kier alpha value is -1.49. The summed E-state index contributed by atoms with van der Waals surface area (Å²) in [5, 5.41) is 11.3. The Morgan fingerprint density at radius 3 is 2.42 bits per heavy atom. The maximum Gasteiger partial charge on any atom is 0.326 e. The normalized spacial score (nSPS) is 12.2. The Bertz CT molecular complexity index is 420. The molecule has 0 saturated carbocycles. The number of carbonyl (C=O) groups excluding carboxylic acids is 1. The van der Waals surface area contributed by atoms with Crippen LogP contribution in [0.1, 0.15) is 25.8 Å². The molecule has 1 amide bonds. The molecule has 0 fully saturated rings. The Kier molecular flexibility index (Phi) is 6.42. The first kappa shape index (κ1) is 15.6. The minimum Gasteiger partial charge on any atom is -0.480 e. The molecule has 5 heteroatoms. The van der Waals surface area contributed by atoms with Crippen LogP contribution in [0.15, 0.2) is 30.3 Å². The third-order valence-electron chi connectivity index (χ3n) is 2.51. The fourth-order valence-corrected chi connectivity index (χ4v) is 2.32. The number of benzene rings is 1.